The number of benzene rings is 1. The molecular weight excluding hydrogens is 418 g/mol. The zero-order valence-corrected chi connectivity index (χ0v) is 16.8. The monoisotopic (exact) mass is 436 g/mol. The molecule has 0 unspecified atom stereocenters. The van der Waals surface area contributed by atoms with Crippen LogP contribution >= 0.6 is 11.3 Å². The largest absolute Gasteiger partial charge is 0.325 e. The summed E-state index contributed by atoms with van der Waals surface area (Å²) in [5, 5.41) is 25.1. The number of nitriles is 1. The van der Waals surface area contributed by atoms with Crippen molar-refractivity contribution in [3.8, 4) is 6.07 Å². The molecule has 1 aromatic heterocycles. The number of quaternary nitrogens is 1. The van der Waals surface area contributed by atoms with Crippen molar-refractivity contribution in [2.24, 2.45) is 0 Å². The molecule has 0 radical (unpaired) electrons. The molecule has 152 valence electrons. The number of hydrogen-bond acceptors (Lipinski definition) is 7. The van der Waals surface area contributed by atoms with Gasteiger partial charge in [-0.3, -0.25) is 14.9 Å². The van der Waals surface area contributed by atoms with Gasteiger partial charge in [0.15, 0.2) is 11.4 Å². The predicted octanol–water partition coefficient (Wildman–Crippen LogP) is 0.0559. The second kappa shape index (κ2) is 8.66. The minimum Gasteiger partial charge on any atom is -0.325 e. The number of nitro groups is 1. The number of carbonyl (C=O) groups excluding carboxylic acids is 1. The number of carbonyl (C=O) groups is 1. The van der Waals surface area contributed by atoms with Crippen LogP contribution in [0.2, 0.25) is 0 Å². The van der Waals surface area contributed by atoms with E-state index < -0.39 is 20.6 Å². The van der Waals surface area contributed by atoms with Gasteiger partial charge in [0, 0.05) is 6.07 Å². The van der Waals surface area contributed by atoms with Gasteiger partial charge < -0.3 is 10.2 Å². The molecule has 29 heavy (non-hydrogen) atoms. The first-order chi connectivity index (χ1) is 13.8. The standard InChI is InChI=1S/C17H17N5O5S2/c18-11-13-5-10-28-17(13)19-16(23)12-20-6-8-21(9-7-20)29(26,27)15-4-2-1-3-14(15)22(24)25/h1-5,10H,6-9,12H2,(H,19,23)/p+1. The van der Waals surface area contributed by atoms with Gasteiger partial charge in [-0.2, -0.15) is 9.57 Å². The fourth-order valence-corrected chi connectivity index (χ4v) is 5.43. The molecule has 0 spiro atoms. The predicted molar refractivity (Wildman–Crippen MR) is 105 cm³/mol. The fraction of sp³-hybridized carbons (Fsp3) is 0.294. The quantitative estimate of drug-likeness (QED) is 0.485. The molecule has 2 heterocycles. The summed E-state index contributed by atoms with van der Waals surface area (Å²) >= 11 is 1.26. The van der Waals surface area contributed by atoms with Gasteiger partial charge >= 0.3 is 0 Å². The average Bonchev–Trinajstić information content (AvgIpc) is 3.15. The Morgan fingerprint density at radius 1 is 1.31 bits per heavy atom. The summed E-state index contributed by atoms with van der Waals surface area (Å²) in [6.45, 7) is 1.23. The smallest absolute Gasteiger partial charge is 0.289 e. The van der Waals surface area contributed by atoms with E-state index in [1.165, 1.54) is 39.9 Å². The molecule has 0 atom stereocenters. The first kappa shape index (κ1) is 20.9. The van der Waals surface area contributed by atoms with Gasteiger partial charge in [-0.25, -0.2) is 8.42 Å². The third kappa shape index (κ3) is 4.60. The lowest BCUT2D eigenvalue weighted by Gasteiger charge is -2.31. The molecule has 0 saturated carbocycles. The first-order valence-electron chi connectivity index (χ1n) is 8.67. The number of amides is 1. The normalized spacial score (nSPS) is 15.6. The van der Waals surface area contributed by atoms with Crippen molar-refractivity contribution >= 4 is 38.0 Å². The SMILES string of the molecule is N#Cc1ccsc1NC(=O)C[NH+]1CCN(S(=O)(=O)c2ccccc2[N+](=O)[O-])CC1. The van der Waals surface area contributed by atoms with Crippen molar-refractivity contribution < 1.29 is 23.0 Å². The molecule has 10 nitrogen and oxygen atoms in total. The number of sulfonamides is 1. The number of nitrogens with zero attached hydrogens (tertiary/aromatic N) is 3. The van der Waals surface area contributed by atoms with Crippen LogP contribution in [-0.4, -0.2) is 56.3 Å². The maximum atomic E-state index is 12.8. The lowest BCUT2D eigenvalue weighted by Crippen LogP contribution is -3.15. The van der Waals surface area contributed by atoms with Gasteiger partial charge in [-0.15, -0.1) is 11.3 Å². The molecule has 1 aromatic carbocycles. The summed E-state index contributed by atoms with van der Waals surface area (Å²) in [7, 11) is -4.00. The van der Waals surface area contributed by atoms with Crippen molar-refractivity contribution in [2.45, 2.75) is 4.90 Å². The highest BCUT2D eigenvalue weighted by Crippen LogP contribution is 2.26. The van der Waals surface area contributed by atoms with Crippen LogP contribution < -0.4 is 10.2 Å². The van der Waals surface area contributed by atoms with Crippen molar-refractivity contribution in [1.82, 2.24) is 4.31 Å². The molecule has 1 amide bonds. The van der Waals surface area contributed by atoms with E-state index in [9.17, 15) is 23.3 Å². The molecular formula is C17H18N5O5S2+. The third-order valence-corrected chi connectivity index (χ3v) is 7.33. The topological polar surface area (TPSA) is 138 Å². The van der Waals surface area contributed by atoms with E-state index in [1.54, 1.807) is 11.4 Å². The molecule has 1 saturated heterocycles. The molecule has 1 aliphatic heterocycles. The van der Waals surface area contributed by atoms with Gasteiger partial charge in [0.2, 0.25) is 10.0 Å². The van der Waals surface area contributed by atoms with Crippen LogP contribution in [0, 0.1) is 21.4 Å². The van der Waals surface area contributed by atoms with Gasteiger partial charge in [-0.1, -0.05) is 12.1 Å². The fourth-order valence-electron chi connectivity index (χ4n) is 3.08. The lowest BCUT2D eigenvalue weighted by molar-refractivity contribution is -0.895. The Balaban J connectivity index is 1.61. The van der Waals surface area contributed by atoms with E-state index >= 15 is 0 Å². The Hall–Kier alpha value is -2.85. The van der Waals surface area contributed by atoms with Crippen LogP contribution in [0.5, 0.6) is 0 Å². The van der Waals surface area contributed by atoms with E-state index in [-0.39, 0.29) is 30.4 Å². The number of nitrogens with one attached hydrogen (secondary N) is 2. The zero-order chi connectivity index (χ0) is 21.0. The second-order valence-corrected chi connectivity index (χ2v) is 9.20. The van der Waals surface area contributed by atoms with Gasteiger partial charge in [0.25, 0.3) is 11.6 Å². The Labute approximate surface area is 171 Å². The first-order valence-corrected chi connectivity index (χ1v) is 11.0. The maximum absolute atomic E-state index is 12.8. The summed E-state index contributed by atoms with van der Waals surface area (Å²) in [4.78, 5) is 23.2. The van der Waals surface area contributed by atoms with Crippen molar-refractivity contribution in [3.63, 3.8) is 0 Å². The molecule has 2 aromatic rings. The van der Waals surface area contributed by atoms with Gasteiger partial charge in [0.1, 0.15) is 11.1 Å². The number of hydrogen-bond donors (Lipinski definition) is 2. The van der Waals surface area contributed by atoms with Crippen molar-refractivity contribution in [3.05, 3.63) is 51.4 Å². The summed E-state index contributed by atoms with van der Waals surface area (Å²) < 4.78 is 26.9. The van der Waals surface area contributed by atoms with Crippen molar-refractivity contribution in [1.29, 1.82) is 5.26 Å². The molecule has 3 rings (SSSR count). The lowest BCUT2D eigenvalue weighted by atomic mass is 10.3. The third-order valence-electron chi connectivity index (χ3n) is 4.56. The Bertz CT molecular complexity index is 1070. The Morgan fingerprint density at radius 3 is 2.66 bits per heavy atom. The Kier molecular flexibility index (Phi) is 6.23. The molecule has 2 N–H and O–H groups in total. The minimum absolute atomic E-state index is 0.141. The molecule has 0 aliphatic carbocycles. The van der Waals surface area contributed by atoms with Crippen LogP contribution in [0.4, 0.5) is 10.7 Å². The second-order valence-electron chi connectivity index (χ2n) is 6.38. The van der Waals surface area contributed by atoms with E-state index in [0.717, 1.165) is 4.90 Å². The van der Waals surface area contributed by atoms with E-state index in [4.69, 9.17) is 5.26 Å². The van der Waals surface area contributed by atoms with Gasteiger partial charge in [-0.05, 0) is 17.5 Å². The van der Waals surface area contributed by atoms with Crippen LogP contribution in [-0.2, 0) is 14.8 Å². The van der Waals surface area contributed by atoms with Crippen LogP contribution in [0.15, 0.2) is 40.6 Å². The van der Waals surface area contributed by atoms with E-state index in [1.807, 2.05) is 6.07 Å². The summed E-state index contributed by atoms with van der Waals surface area (Å²) in [5.41, 5.74) is -0.0513. The van der Waals surface area contributed by atoms with Crippen LogP contribution in [0.3, 0.4) is 0 Å². The van der Waals surface area contributed by atoms with Gasteiger partial charge in [0.05, 0.1) is 36.7 Å². The van der Waals surface area contributed by atoms with Crippen molar-refractivity contribution in [2.75, 3.05) is 38.0 Å². The van der Waals surface area contributed by atoms with Crippen LogP contribution in [0.25, 0.3) is 0 Å². The highest BCUT2D eigenvalue weighted by Gasteiger charge is 2.35. The molecule has 0 bridgehead atoms. The number of rotatable bonds is 6. The molecule has 1 fully saturated rings. The maximum Gasteiger partial charge on any atom is 0.289 e. The number of nitro benzene ring substituents is 1. The minimum atomic E-state index is -4.00. The molecule has 1 aliphatic rings. The average molecular weight is 436 g/mol. The highest BCUT2D eigenvalue weighted by molar-refractivity contribution is 7.89. The van der Waals surface area contributed by atoms with E-state index in [0.29, 0.717) is 23.7 Å². The summed E-state index contributed by atoms with van der Waals surface area (Å²) in [5.74, 6) is -0.256. The van der Waals surface area contributed by atoms with Crippen LogP contribution in [0.1, 0.15) is 5.56 Å². The number of thiophene rings is 1. The number of para-hydroxylation sites is 1. The zero-order valence-electron chi connectivity index (χ0n) is 15.2. The van der Waals surface area contributed by atoms with E-state index in [2.05, 4.69) is 5.32 Å². The highest BCUT2D eigenvalue weighted by atomic mass is 32.2. The summed E-state index contributed by atoms with van der Waals surface area (Å²) in [6.07, 6.45) is 0. The number of anilines is 1. The Morgan fingerprint density at radius 2 is 2.00 bits per heavy atom. The number of piperazine rings is 1. The summed E-state index contributed by atoms with van der Waals surface area (Å²) in [6, 6.07) is 8.89. The molecule has 12 heteroatoms.